The molecule has 1 fully saturated rings. The normalized spacial score (nSPS) is 16.3. The second-order valence-electron chi connectivity index (χ2n) is 5.14. The van der Waals surface area contributed by atoms with Gasteiger partial charge in [-0.3, -0.25) is 4.79 Å². The second-order valence-corrected chi connectivity index (χ2v) is 5.14. The van der Waals surface area contributed by atoms with Crippen LogP contribution >= 0.6 is 0 Å². The number of para-hydroxylation sites is 1. The van der Waals surface area contributed by atoms with Crippen LogP contribution in [-0.4, -0.2) is 37.0 Å². The summed E-state index contributed by atoms with van der Waals surface area (Å²) in [5.41, 5.74) is 1.02. The Morgan fingerprint density at radius 1 is 1.16 bits per heavy atom. The largest absolute Gasteiger partial charge is 0.311 e. The monoisotopic (exact) mass is 260 g/mol. The zero-order valence-electron chi connectivity index (χ0n) is 11.8. The Labute approximate surface area is 116 Å². The third kappa shape index (κ3) is 4.06. The Morgan fingerprint density at radius 2 is 1.84 bits per heavy atom. The summed E-state index contributed by atoms with van der Waals surface area (Å²) in [7, 11) is 0. The standard InChI is InChI=1S/C16H24N2O/c1-2-16(19)18(15-9-5-3-6-10-15)14-13-17-11-7-4-8-12-17/h3,5-6,9-10H,2,4,7-8,11-14H2,1H3. The number of amides is 1. The van der Waals surface area contributed by atoms with Crippen molar-refractivity contribution < 1.29 is 4.79 Å². The lowest BCUT2D eigenvalue weighted by Gasteiger charge is -2.30. The number of carbonyl (C=O) groups is 1. The summed E-state index contributed by atoms with van der Waals surface area (Å²) in [6.45, 7) is 6.09. The average Bonchev–Trinajstić information content (AvgIpc) is 2.49. The highest BCUT2D eigenvalue weighted by atomic mass is 16.2. The Kier molecular flexibility index (Phi) is 5.40. The molecule has 0 N–H and O–H groups in total. The molecule has 0 aromatic heterocycles. The van der Waals surface area contributed by atoms with Gasteiger partial charge in [-0.1, -0.05) is 31.5 Å². The van der Waals surface area contributed by atoms with Crippen LogP contribution in [-0.2, 0) is 4.79 Å². The van der Waals surface area contributed by atoms with E-state index in [0.29, 0.717) is 6.42 Å². The molecule has 0 radical (unpaired) electrons. The van der Waals surface area contributed by atoms with Crippen LogP contribution in [0.1, 0.15) is 32.6 Å². The molecule has 0 spiro atoms. The van der Waals surface area contributed by atoms with Crippen LogP contribution in [0.5, 0.6) is 0 Å². The number of hydrogen-bond donors (Lipinski definition) is 0. The highest BCUT2D eigenvalue weighted by Gasteiger charge is 2.16. The number of nitrogens with zero attached hydrogens (tertiary/aromatic N) is 2. The van der Waals surface area contributed by atoms with Gasteiger partial charge in [0.15, 0.2) is 0 Å². The summed E-state index contributed by atoms with van der Waals surface area (Å²) >= 11 is 0. The van der Waals surface area contributed by atoms with E-state index in [-0.39, 0.29) is 5.91 Å². The predicted octanol–water partition coefficient (Wildman–Crippen LogP) is 2.92. The van der Waals surface area contributed by atoms with E-state index in [1.54, 1.807) is 0 Å². The van der Waals surface area contributed by atoms with Gasteiger partial charge < -0.3 is 9.80 Å². The van der Waals surface area contributed by atoms with Gasteiger partial charge in [0.05, 0.1) is 0 Å². The van der Waals surface area contributed by atoms with Crippen molar-refractivity contribution in [1.82, 2.24) is 4.90 Å². The van der Waals surface area contributed by atoms with Crippen molar-refractivity contribution in [3.8, 4) is 0 Å². The molecule has 1 aliphatic rings. The number of carbonyl (C=O) groups excluding carboxylic acids is 1. The molecule has 0 bridgehead atoms. The fraction of sp³-hybridized carbons (Fsp3) is 0.562. The lowest BCUT2D eigenvalue weighted by molar-refractivity contribution is -0.118. The molecular weight excluding hydrogens is 236 g/mol. The molecule has 1 aliphatic heterocycles. The first-order valence-electron chi connectivity index (χ1n) is 7.39. The Balaban J connectivity index is 1.96. The van der Waals surface area contributed by atoms with Crippen LogP contribution in [0.3, 0.4) is 0 Å². The maximum Gasteiger partial charge on any atom is 0.226 e. The van der Waals surface area contributed by atoms with Gasteiger partial charge in [0.25, 0.3) is 0 Å². The molecular formula is C16H24N2O. The zero-order valence-corrected chi connectivity index (χ0v) is 11.8. The first-order valence-corrected chi connectivity index (χ1v) is 7.39. The summed E-state index contributed by atoms with van der Waals surface area (Å²) in [5.74, 6) is 0.211. The molecule has 1 aromatic rings. The van der Waals surface area contributed by atoms with Crippen molar-refractivity contribution in [2.75, 3.05) is 31.1 Å². The van der Waals surface area contributed by atoms with Gasteiger partial charge >= 0.3 is 0 Å². The molecule has 1 saturated heterocycles. The van der Waals surface area contributed by atoms with Crippen molar-refractivity contribution in [1.29, 1.82) is 0 Å². The predicted molar refractivity (Wildman–Crippen MR) is 79.4 cm³/mol. The molecule has 104 valence electrons. The molecule has 0 saturated carbocycles. The van der Waals surface area contributed by atoms with Crippen LogP contribution in [0.25, 0.3) is 0 Å². The summed E-state index contributed by atoms with van der Waals surface area (Å²) in [5, 5.41) is 0. The summed E-state index contributed by atoms with van der Waals surface area (Å²) in [6.07, 6.45) is 4.52. The minimum Gasteiger partial charge on any atom is -0.311 e. The fourth-order valence-electron chi connectivity index (χ4n) is 2.62. The number of likely N-dealkylation sites (tertiary alicyclic amines) is 1. The molecule has 1 aromatic carbocycles. The molecule has 0 atom stereocenters. The first-order chi connectivity index (χ1) is 9.31. The van der Waals surface area contributed by atoms with E-state index in [2.05, 4.69) is 4.90 Å². The molecule has 3 heteroatoms. The maximum atomic E-state index is 12.1. The topological polar surface area (TPSA) is 23.6 Å². The van der Waals surface area contributed by atoms with Crippen molar-refractivity contribution in [2.24, 2.45) is 0 Å². The zero-order chi connectivity index (χ0) is 13.5. The minimum absolute atomic E-state index is 0.211. The van der Waals surface area contributed by atoms with E-state index in [9.17, 15) is 4.79 Å². The SMILES string of the molecule is CCC(=O)N(CCN1CCCCC1)c1ccccc1. The maximum absolute atomic E-state index is 12.1. The van der Waals surface area contributed by atoms with Gasteiger partial charge in [-0.15, -0.1) is 0 Å². The molecule has 0 unspecified atom stereocenters. The van der Waals surface area contributed by atoms with Crippen LogP contribution < -0.4 is 4.90 Å². The third-order valence-corrected chi connectivity index (χ3v) is 3.76. The molecule has 1 amide bonds. The summed E-state index contributed by atoms with van der Waals surface area (Å²) in [4.78, 5) is 16.5. The van der Waals surface area contributed by atoms with Crippen molar-refractivity contribution in [2.45, 2.75) is 32.6 Å². The smallest absolute Gasteiger partial charge is 0.226 e. The van der Waals surface area contributed by atoms with Gasteiger partial charge in [-0.25, -0.2) is 0 Å². The molecule has 3 nitrogen and oxygen atoms in total. The average molecular weight is 260 g/mol. The number of anilines is 1. The summed E-state index contributed by atoms with van der Waals surface area (Å²) in [6, 6.07) is 10.0. The van der Waals surface area contributed by atoms with Crippen molar-refractivity contribution in [3.63, 3.8) is 0 Å². The van der Waals surface area contributed by atoms with Gasteiger partial charge in [-0.05, 0) is 38.1 Å². The minimum atomic E-state index is 0.211. The fourth-order valence-corrected chi connectivity index (χ4v) is 2.62. The number of rotatable bonds is 5. The molecule has 2 rings (SSSR count). The van der Waals surface area contributed by atoms with Gasteiger partial charge in [0.1, 0.15) is 0 Å². The van der Waals surface area contributed by atoms with Gasteiger partial charge in [-0.2, -0.15) is 0 Å². The van der Waals surface area contributed by atoms with Crippen molar-refractivity contribution >= 4 is 11.6 Å². The quantitative estimate of drug-likeness (QED) is 0.812. The lowest BCUT2D eigenvalue weighted by atomic mass is 10.1. The van der Waals surface area contributed by atoms with Crippen LogP contribution in [0.15, 0.2) is 30.3 Å². The van der Waals surface area contributed by atoms with E-state index >= 15 is 0 Å². The molecule has 0 aliphatic carbocycles. The number of hydrogen-bond acceptors (Lipinski definition) is 2. The second kappa shape index (κ2) is 7.29. The third-order valence-electron chi connectivity index (χ3n) is 3.76. The molecule has 19 heavy (non-hydrogen) atoms. The number of benzene rings is 1. The van der Waals surface area contributed by atoms with E-state index in [0.717, 1.165) is 18.8 Å². The van der Waals surface area contributed by atoms with E-state index in [1.165, 1.54) is 32.4 Å². The van der Waals surface area contributed by atoms with Crippen LogP contribution in [0.4, 0.5) is 5.69 Å². The van der Waals surface area contributed by atoms with E-state index < -0.39 is 0 Å². The number of piperidine rings is 1. The highest BCUT2D eigenvalue weighted by molar-refractivity contribution is 5.93. The molecule has 1 heterocycles. The Morgan fingerprint density at radius 3 is 2.47 bits per heavy atom. The van der Waals surface area contributed by atoms with Crippen molar-refractivity contribution in [3.05, 3.63) is 30.3 Å². The van der Waals surface area contributed by atoms with E-state index in [4.69, 9.17) is 0 Å². The van der Waals surface area contributed by atoms with Gasteiger partial charge in [0, 0.05) is 25.2 Å². The van der Waals surface area contributed by atoms with Gasteiger partial charge in [0.2, 0.25) is 5.91 Å². The van der Waals surface area contributed by atoms with Crippen LogP contribution in [0, 0.1) is 0 Å². The Hall–Kier alpha value is -1.35. The summed E-state index contributed by atoms with van der Waals surface area (Å²) < 4.78 is 0. The lowest BCUT2D eigenvalue weighted by Crippen LogP contribution is -2.40. The van der Waals surface area contributed by atoms with E-state index in [1.807, 2.05) is 42.2 Å². The first kappa shape index (κ1) is 14.1. The van der Waals surface area contributed by atoms with Crippen LogP contribution in [0.2, 0.25) is 0 Å². The Bertz CT molecular complexity index is 385. The highest BCUT2D eigenvalue weighted by Crippen LogP contribution is 2.15.